The maximum absolute atomic E-state index is 13.1. The molecule has 4 heterocycles. The summed E-state index contributed by atoms with van der Waals surface area (Å²) in [4.78, 5) is 51.3. The summed E-state index contributed by atoms with van der Waals surface area (Å²) in [6, 6.07) is 0. The number of hydrogen-bond acceptors (Lipinski definition) is 8. The van der Waals surface area contributed by atoms with E-state index in [2.05, 4.69) is 25.3 Å². The monoisotopic (exact) mass is 717 g/mol. The molecule has 13 heteroatoms. The lowest BCUT2D eigenvalue weighted by atomic mass is 9.49. The number of nitrogens with one attached hydrogen (secondary N) is 3. The normalized spacial score (nSPS) is 32.9. The van der Waals surface area contributed by atoms with Gasteiger partial charge >= 0.3 is 0 Å². The summed E-state index contributed by atoms with van der Waals surface area (Å²) in [6.07, 6.45) is 17.3. The zero-order valence-electron chi connectivity index (χ0n) is 30.0. The number of aromatic nitrogens is 8. The molecule has 8 bridgehead atoms. The van der Waals surface area contributed by atoms with Gasteiger partial charge in [-0.3, -0.25) is 18.7 Å². The number of anilines is 1. The Morgan fingerprint density at radius 3 is 1.53 bits per heavy atom. The van der Waals surface area contributed by atoms with Crippen molar-refractivity contribution in [3.8, 4) is 0 Å². The standard InChI is InChI=1S/C20H29N5O2.C18H23ClN4O/c1-2-4-25-17(27)15-16(24-19(25)21-3-5-26)23-18(22-15)20-9-12-6-13(10-20)8-14(7-12)11-20;1-2-3-23-15(24)13-14(22-17(23)19)21-16(20-13)18-7-10-4-11(8-18)6-12(5-10)9-18/h12-14,26H,2-11H2,1H3,(H,21,24)(H,22,23);10-12H,2-9H2,1H3,(H,20,21). The molecule has 0 saturated heterocycles. The molecule has 274 valence electrons. The second-order valence-electron chi connectivity index (χ2n) is 17.3. The number of aliphatic hydroxyl groups excluding tert-OH is 1. The molecule has 0 unspecified atom stereocenters. The molecule has 0 spiro atoms. The first-order chi connectivity index (χ1) is 24.7. The van der Waals surface area contributed by atoms with Crippen LogP contribution in [0.5, 0.6) is 0 Å². The van der Waals surface area contributed by atoms with Crippen molar-refractivity contribution < 1.29 is 5.11 Å². The maximum atomic E-state index is 13.1. The lowest BCUT2D eigenvalue weighted by Crippen LogP contribution is -2.49. The Kier molecular flexibility index (Phi) is 8.37. The van der Waals surface area contributed by atoms with Gasteiger partial charge in [-0.15, -0.1) is 0 Å². The van der Waals surface area contributed by atoms with Gasteiger partial charge in [0.05, 0.1) is 6.61 Å². The topological polar surface area (TPSA) is 159 Å². The van der Waals surface area contributed by atoms with Gasteiger partial charge in [0.15, 0.2) is 22.3 Å². The van der Waals surface area contributed by atoms with Gasteiger partial charge in [-0.25, -0.2) is 9.97 Å². The summed E-state index contributed by atoms with van der Waals surface area (Å²) in [5, 5.41) is 12.5. The van der Waals surface area contributed by atoms with Crippen LogP contribution in [-0.4, -0.2) is 57.3 Å². The molecule has 0 amide bonds. The number of aliphatic hydroxyl groups is 1. The van der Waals surface area contributed by atoms with Crippen LogP contribution in [-0.2, 0) is 23.9 Å². The number of nitrogens with zero attached hydrogens (tertiary/aromatic N) is 6. The average molecular weight is 718 g/mol. The summed E-state index contributed by atoms with van der Waals surface area (Å²) in [6.45, 7) is 5.63. The molecule has 4 N–H and O–H groups in total. The fourth-order valence-corrected chi connectivity index (χ4v) is 12.6. The predicted octanol–water partition coefficient (Wildman–Crippen LogP) is 6.05. The molecule has 4 aromatic heterocycles. The van der Waals surface area contributed by atoms with Gasteiger partial charge in [-0.2, -0.15) is 9.97 Å². The lowest BCUT2D eigenvalue weighted by molar-refractivity contribution is -0.00898. The van der Waals surface area contributed by atoms with E-state index in [1.807, 2.05) is 13.8 Å². The highest BCUT2D eigenvalue weighted by molar-refractivity contribution is 6.28. The van der Waals surface area contributed by atoms with Gasteiger partial charge < -0.3 is 20.4 Å². The summed E-state index contributed by atoms with van der Waals surface area (Å²) in [5.41, 5.74) is 2.17. The molecule has 12 nitrogen and oxygen atoms in total. The van der Waals surface area contributed by atoms with E-state index in [0.29, 0.717) is 47.9 Å². The predicted molar refractivity (Wildman–Crippen MR) is 197 cm³/mol. The van der Waals surface area contributed by atoms with Crippen molar-refractivity contribution >= 4 is 39.9 Å². The van der Waals surface area contributed by atoms with Crippen molar-refractivity contribution in [2.45, 2.75) is 128 Å². The first-order valence-electron chi connectivity index (χ1n) is 19.7. The van der Waals surface area contributed by atoms with Crippen LogP contribution in [0.2, 0.25) is 5.28 Å². The summed E-state index contributed by atoms with van der Waals surface area (Å²) in [7, 11) is 0. The van der Waals surface area contributed by atoms with Crippen LogP contribution in [0.1, 0.15) is 115 Å². The Balaban J connectivity index is 0.000000137. The van der Waals surface area contributed by atoms with Gasteiger partial charge in [0.2, 0.25) is 11.2 Å². The highest BCUT2D eigenvalue weighted by atomic mass is 35.5. The maximum Gasteiger partial charge on any atom is 0.280 e. The molecular weight excluding hydrogens is 666 g/mol. The number of hydrogen-bond donors (Lipinski definition) is 4. The van der Waals surface area contributed by atoms with E-state index < -0.39 is 0 Å². The highest BCUT2D eigenvalue weighted by Gasteiger charge is 2.54. The van der Waals surface area contributed by atoms with E-state index in [0.717, 1.165) is 60.0 Å². The minimum Gasteiger partial charge on any atom is -0.395 e. The molecular formula is C38H52ClN9O3. The molecule has 0 aliphatic heterocycles. The number of rotatable bonds is 9. The van der Waals surface area contributed by atoms with Gasteiger partial charge in [0.25, 0.3) is 11.1 Å². The molecule has 8 fully saturated rings. The fraction of sp³-hybridized carbons (Fsp3) is 0.737. The van der Waals surface area contributed by atoms with Crippen molar-refractivity contribution in [2.24, 2.45) is 35.5 Å². The van der Waals surface area contributed by atoms with E-state index in [1.54, 1.807) is 9.13 Å². The Morgan fingerprint density at radius 1 is 0.686 bits per heavy atom. The number of H-pyrrole nitrogens is 2. The van der Waals surface area contributed by atoms with Crippen molar-refractivity contribution in [1.29, 1.82) is 0 Å². The molecule has 51 heavy (non-hydrogen) atoms. The zero-order chi connectivity index (χ0) is 35.1. The Labute approximate surface area is 302 Å². The molecule has 4 aromatic rings. The van der Waals surface area contributed by atoms with E-state index in [-0.39, 0.29) is 33.8 Å². The lowest BCUT2D eigenvalue weighted by Gasteiger charge is -2.55. The van der Waals surface area contributed by atoms with E-state index in [9.17, 15) is 9.59 Å². The van der Waals surface area contributed by atoms with Crippen molar-refractivity contribution in [1.82, 2.24) is 39.0 Å². The summed E-state index contributed by atoms with van der Waals surface area (Å²) >= 11 is 6.21. The largest absolute Gasteiger partial charge is 0.395 e. The number of halogens is 1. The van der Waals surface area contributed by atoms with E-state index in [1.165, 1.54) is 77.0 Å². The van der Waals surface area contributed by atoms with Crippen LogP contribution in [0.3, 0.4) is 0 Å². The third-order valence-electron chi connectivity index (χ3n) is 13.5. The first kappa shape index (κ1) is 33.6. The zero-order valence-corrected chi connectivity index (χ0v) is 30.8. The molecule has 0 atom stereocenters. The minimum atomic E-state index is -0.0877. The quantitative estimate of drug-likeness (QED) is 0.152. The number of aromatic amines is 2. The van der Waals surface area contributed by atoms with E-state index >= 15 is 0 Å². The van der Waals surface area contributed by atoms with E-state index in [4.69, 9.17) is 26.7 Å². The van der Waals surface area contributed by atoms with Crippen LogP contribution < -0.4 is 16.4 Å². The van der Waals surface area contributed by atoms with Gasteiger partial charge in [-0.05, 0) is 137 Å². The second kappa shape index (κ2) is 12.7. The molecule has 0 radical (unpaired) electrons. The number of imidazole rings is 2. The Hall–Kier alpha value is -3.25. The molecule has 8 aliphatic carbocycles. The molecule has 12 rings (SSSR count). The van der Waals surface area contributed by atoms with Crippen LogP contribution in [0.25, 0.3) is 22.3 Å². The number of fused-ring (bicyclic) bond motifs is 2. The first-order valence-corrected chi connectivity index (χ1v) is 20.1. The Morgan fingerprint density at radius 2 is 1.10 bits per heavy atom. The van der Waals surface area contributed by atoms with Crippen LogP contribution >= 0.6 is 11.6 Å². The van der Waals surface area contributed by atoms with Crippen molar-refractivity contribution in [3.05, 3.63) is 37.6 Å². The van der Waals surface area contributed by atoms with Crippen molar-refractivity contribution in [3.63, 3.8) is 0 Å². The second-order valence-corrected chi connectivity index (χ2v) is 17.7. The summed E-state index contributed by atoms with van der Waals surface area (Å²) in [5.74, 6) is 7.51. The third kappa shape index (κ3) is 5.65. The minimum absolute atomic E-state index is 0.000869. The highest BCUT2D eigenvalue weighted by Crippen LogP contribution is 2.61. The molecule has 0 aromatic carbocycles. The van der Waals surface area contributed by atoms with Gasteiger partial charge in [0, 0.05) is 30.5 Å². The van der Waals surface area contributed by atoms with Gasteiger partial charge in [-0.1, -0.05) is 13.8 Å². The van der Waals surface area contributed by atoms with Crippen LogP contribution in [0, 0.1) is 35.5 Å². The molecule has 8 aliphatic rings. The van der Waals surface area contributed by atoms with Crippen LogP contribution in [0.15, 0.2) is 9.59 Å². The summed E-state index contributed by atoms with van der Waals surface area (Å²) < 4.78 is 3.21. The average Bonchev–Trinajstić information content (AvgIpc) is 3.73. The fourth-order valence-electron chi connectivity index (χ4n) is 12.4. The smallest absolute Gasteiger partial charge is 0.280 e. The third-order valence-corrected chi connectivity index (χ3v) is 13.8. The molecule has 8 saturated carbocycles. The van der Waals surface area contributed by atoms with Gasteiger partial charge in [0.1, 0.15) is 11.6 Å². The SMILES string of the molecule is CCCn1c(Cl)nc2nc(C34CC5CC(CC(C5)C3)C4)[nH]c2c1=O.CCCn1c(NCCO)nc2nc(C34CC5CC(CC(C5)C3)C4)[nH]c2c1=O. The Bertz CT molecular complexity index is 2010. The van der Waals surface area contributed by atoms with Crippen molar-refractivity contribution in [2.75, 3.05) is 18.5 Å². The van der Waals surface area contributed by atoms with Crippen LogP contribution in [0.4, 0.5) is 5.95 Å².